The molecule has 7 aromatic rings. The summed E-state index contributed by atoms with van der Waals surface area (Å²) in [6.07, 6.45) is 9.18. The van der Waals surface area contributed by atoms with Crippen LogP contribution in [0.2, 0.25) is 0 Å². The van der Waals surface area contributed by atoms with E-state index >= 15 is 0 Å². The summed E-state index contributed by atoms with van der Waals surface area (Å²) in [7, 11) is 9.57. The molecule has 378 valence electrons. The molecule has 8 N–H and O–H groups in total. The van der Waals surface area contributed by atoms with Gasteiger partial charge in [0.25, 0.3) is 41.4 Å². The highest BCUT2D eigenvalue weighted by Gasteiger charge is 2.23. The number of nitrogens with one attached hydrogen (secondary N) is 8. The molecule has 0 aliphatic heterocycles. The lowest BCUT2D eigenvalue weighted by Crippen LogP contribution is -2.27. The lowest BCUT2D eigenvalue weighted by atomic mass is 10.1. The summed E-state index contributed by atoms with van der Waals surface area (Å²) in [4.78, 5) is 116. The zero-order valence-electron chi connectivity index (χ0n) is 40.5. The number of carbonyl (C=O) groups excluding carboxylic acids is 8. The Bertz CT molecular complexity index is 3460. The number of carbonyl (C=O) groups is 8. The number of benzene rings is 1. The molecule has 0 fully saturated rings. The molecule has 0 aliphatic rings. The van der Waals surface area contributed by atoms with Gasteiger partial charge in [0, 0.05) is 116 Å². The fourth-order valence-electron chi connectivity index (χ4n) is 7.27. The molecule has 0 atom stereocenters. The molecule has 0 bridgehead atoms. The van der Waals surface area contributed by atoms with Gasteiger partial charge in [-0.15, -0.1) is 0 Å². The molecule has 0 unspecified atom stereocenters. The minimum absolute atomic E-state index is 0.00997. The van der Waals surface area contributed by atoms with Crippen LogP contribution in [0.3, 0.4) is 0 Å². The Kier molecular flexibility index (Phi) is 15.3. The number of nitrogens with zero attached hydrogens (tertiary/aromatic N) is 11. The molecule has 7 rings (SSSR count). The average molecular weight is 1010 g/mol. The molecule has 0 aliphatic carbocycles. The van der Waals surface area contributed by atoms with Gasteiger partial charge in [-0.25, -0.2) is 15.0 Å². The number of amides is 8. The predicted molar refractivity (Wildman–Crippen MR) is 266 cm³/mol. The Morgan fingerprint density at radius 2 is 0.838 bits per heavy atom. The number of anilines is 7. The van der Waals surface area contributed by atoms with E-state index in [2.05, 4.69) is 57.5 Å². The summed E-state index contributed by atoms with van der Waals surface area (Å²) in [6.45, 7) is 0.135. The third-order valence-corrected chi connectivity index (χ3v) is 10.9. The molecular weight excluding hydrogens is 959 g/mol. The average Bonchev–Trinajstić information content (AvgIpc) is 4.22. The van der Waals surface area contributed by atoms with Crippen LogP contribution in [-0.4, -0.2) is 96.2 Å². The van der Waals surface area contributed by atoms with Crippen LogP contribution in [0.15, 0.2) is 79.6 Å². The maximum Gasteiger partial charge on any atom is 0.292 e. The van der Waals surface area contributed by atoms with Gasteiger partial charge in [-0.05, 0) is 36.4 Å². The molecule has 0 radical (unpaired) electrons. The highest BCUT2D eigenvalue weighted by Crippen LogP contribution is 2.23. The lowest BCUT2D eigenvalue weighted by Gasteiger charge is -2.05. The Labute approximate surface area is 420 Å². The van der Waals surface area contributed by atoms with Crippen LogP contribution >= 0.6 is 0 Å². The second-order valence-corrected chi connectivity index (χ2v) is 16.5. The Balaban J connectivity index is 0.895. The first-order chi connectivity index (χ1) is 35.3. The SMILES string of the molecule is Cn1cc(NC(=O)c2cc(NC(=O)c3cc(NC(=O)c4ccc(C(=O)Nc5cn(C)c(C(=O)Nc6cn(C)c(C(=O)Nc7cn(C)c(C(=O)NCCC#N)n7)n6)n5)cc4)cn3C)cn2C)cc1NC(=O)CCC#N. The molecule has 0 saturated carbocycles. The van der Waals surface area contributed by atoms with E-state index in [0.29, 0.717) is 22.9 Å². The highest BCUT2D eigenvalue weighted by atomic mass is 16.2. The van der Waals surface area contributed by atoms with Crippen molar-refractivity contribution < 1.29 is 38.4 Å². The van der Waals surface area contributed by atoms with Crippen molar-refractivity contribution in [3.8, 4) is 12.1 Å². The molecule has 8 amide bonds. The molecule has 27 nitrogen and oxygen atoms in total. The van der Waals surface area contributed by atoms with Gasteiger partial charge < -0.3 is 69.9 Å². The van der Waals surface area contributed by atoms with Gasteiger partial charge in [0.1, 0.15) is 17.2 Å². The first-order valence-corrected chi connectivity index (χ1v) is 22.2. The molecule has 74 heavy (non-hydrogen) atoms. The van der Waals surface area contributed by atoms with Gasteiger partial charge in [0.05, 0.1) is 35.6 Å². The van der Waals surface area contributed by atoms with E-state index in [-0.39, 0.29) is 89.2 Å². The van der Waals surface area contributed by atoms with Gasteiger partial charge in [-0.1, -0.05) is 0 Å². The smallest absolute Gasteiger partial charge is 0.292 e. The quantitative estimate of drug-likeness (QED) is 0.0573. The van der Waals surface area contributed by atoms with Gasteiger partial charge >= 0.3 is 0 Å². The van der Waals surface area contributed by atoms with Crippen molar-refractivity contribution in [2.45, 2.75) is 19.3 Å². The third kappa shape index (κ3) is 12.1. The topological polar surface area (TPSA) is 349 Å². The number of aryl methyl sites for hydroxylation is 6. The van der Waals surface area contributed by atoms with Gasteiger partial charge in [0.2, 0.25) is 23.4 Å². The number of imidazole rings is 3. The minimum atomic E-state index is -0.705. The zero-order valence-corrected chi connectivity index (χ0v) is 40.5. The summed E-state index contributed by atoms with van der Waals surface area (Å²) in [5.41, 5.74) is 1.81. The van der Waals surface area contributed by atoms with Crippen LogP contribution in [0.4, 0.5) is 40.3 Å². The number of aromatic nitrogens is 9. The zero-order chi connectivity index (χ0) is 53.4. The molecular formula is C47H47N19O8. The maximum absolute atomic E-state index is 13.4. The Hall–Kier alpha value is -10.6. The van der Waals surface area contributed by atoms with Crippen LogP contribution < -0.4 is 42.5 Å². The van der Waals surface area contributed by atoms with E-state index in [4.69, 9.17) is 10.5 Å². The summed E-state index contributed by atoms with van der Waals surface area (Å²) in [5, 5.41) is 38.7. The fourth-order valence-corrected chi connectivity index (χ4v) is 7.27. The van der Waals surface area contributed by atoms with Crippen molar-refractivity contribution in [3.63, 3.8) is 0 Å². The number of rotatable bonds is 18. The number of hydrogen-bond donors (Lipinski definition) is 8. The Morgan fingerprint density at radius 1 is 0.446 bits per heavy atom. The van der Waals surface area contributed by atoms with Crippen molar-refractivity contribution in [1.82, 2.24) is 47.7 Å². The second-order valence-electron chi connectivity index (χ2n) is 16.5. The summed E-state index contributed by atoms with van der Waals surface area (Å²) < 4.78 is 8.81. The fraction of sp³-hybridized carbons (Fsp3) is 0.213. The van der Waals surface area contributed by atoms with Gasteiger partial charge in [0.15, 0.2) is 17.5 Å². The third-order valence-electron chi connectivity index (χ3n) is 10.9. The van der Waals surface area contributed by atoms with Crippen molar-refractivity contribution in [1.29, 1.82) is 10.5 Å². The van der Waals surface area contributed by atoms with Crippen molar-refractivity contribution in [2.75, 3.05) is 43.8 Å². The second kappa shape index (κ2) is 22.0. The first-order valence-electron chi connectivity index (χ1n) is 22.2. The molecule has 6 aromatic heterocycles. The van der Waals surface area contributed by atoms with E-state index in [9.17, 15) is 38.4 Å². The summed E-state index contributed by atoms with van der Waals surface area (Å²) in [6, 6.07) is 14.1. The normalized spacial score (nSPS) is 10.6. The number of nitriles is 2. The molecule has 27 heteroatoms. The van der Waals surface area contributed by atoms with E-state index in [0.717, 1.165) is 0 Å². The van der Waals surface area contributed by atoms with Crippen LogP contribution in [0, 0.1) is 22.7 Å². The first kappa shape index (κ1) is 51.3. The van der Waals surface area contributed by atoms with Crippen LogP contribution in [0.5, 0.6) is 0 Å². The molecule has 6 heterocycles. The molecule has 0 saturated heterocycles. The monoisotopic (exact) mass is 1010 g/mol. The van der Waals surface area contributed by atoms with Crippen LogP contribution in [0.1, 0.15) is 92.8 Å². The van der Waals surface area contributed by atoms with E-state index < -0.39 is 41.4 Å². The molecule has 1 aromatic carbocycles. The summed E-state index contributed by atoms with van der Waals surface area (Å²) in [5.74, 6) is -4.02. The van der Waals surface area contributed by atoms with Crippen molar-refractivity contribution in [2.24, 2.45) is 42.3 Å². The van der Waals surface area contributed by atoms with Crippen LogP contribution in [-0.2, 0) is 47.1 Å². The highest BCUT2D eigenvalue weighted by molar-refractivity contribution is 6.10. The predicted octanol–water partition coefficient (Wildman–Crippen LogP) is 3.30. The van der Waals surface area contributed by atoms with Crippen molar-refractivity contribution >= 4 is 87.6 Å². The standard InChI is InChI=1S/C47H47N19O8/c1-61-20-28(17-31(61)43(70)52-29-18-32(62(2)21-29)44(71)53-30-19-36(63(3)22-30)60-37(67)9-7-14-48)51-41(68)26-10-12-27(13-11-26)42(69)57-33-23-65(5)39(55-33)46(73)59-35-25-66(6)40(56-35)47(74)58-34-24-64(4)38(54-34)45(72)50-16-8-15-49/h10-13,17-25H,7-9,16H2,1-6H3,(H,50,72)(H,51,68)(H,52,70)(H,53,71)(H,57,69)(H,58,74)(H,59,73)(H,60,67). The molecule has 0 spiro atoms. The number of hydrogen-bond acceptors (Lipinski definition) is 13. The van der Waals surface area contributed by atoms with E-state index in [1.54, 1.807) is 57.4 Å². The van der Waals surface area contributed by atoms with Crippen LogP contribution in [0.25, 0.3) is 0 Å². The van der Waals surface area contributed by atoms with Crippen molar-refractivity contribution in [3.05, 3.63) is 120 Å². The lowest BCUT2D eigenvalue weighted by molar-refractivity contribution is -0.116. The van der Waals surface area contributed by atoms with Gasteiger partial charge in [-0.2, -0.15) is 10.5 Å². The summed E-state index contributed by atoms with van der Waals surface area (Å²) >= 11 is 0. The maximum atomic E-state index is 13.4. The van der Waals surface area contributed by atoms with E-state index in [1.165, 1.54) is 91.9 Å². The van der Waals surface area contributed by atoms with Gasteiger partial charge in [-0.3, -0.25) is 38.4 Å². The Morgan fingerprint density at radius 3 is 1.30 bits per heavy atom. The largest absolute Gasteiger partial charge is 0.348 e. The minimum Gasteiger partial charge on any atom is -0.348 e. The van der Waals surface area contributed by atoms with E-state index in [1.807, 2.05) is 12.1 Å².